The van der Waals surface area contributed by atoms with Crippen molar-refractivity contribution in [2.45, 2.75) is 129 Å². The summed E-state index contributed by atoms with van der Waals surface area (Å²) >= 11 is 18.8. The van der Waals surface area contributed by atoms with E-state index in [1.165, 1.54) is 0 Å². The number of aromatic nitrogens is 1. The summed E-state index contributed by atoms with van der Waals surface area (Å²) in [5.74, 6) is -1.84. The monoisotopic (exact) mass is 805 g/mol. The van der Waals surface area contributed by atoms with Crippen LogP contribution < -0.4 is 0 Å². The van der Waals surface area contributed by atoms with Crippen molar-refractivity contribution in [1.29, 1.82) is 0 Å². The van der Waals surface area contributed by atoms with Gasteiger partial charge in [-0.25, -0.2) is 9.78 Å². The van der Waals surface area contributed by atoms with E-state index < -0.39 is 60.5 Å². The van der Waals surface area contributed by atoms with E-state index in [2.05, 4.69) is 38.9 Å². The molecule has 0 aliphatic heterocycles. The van der Waals surface area contributed by atoms with Gasteiger partial charge in [-0.2, -0.15) is 0 Å². The molecule has 0 spiro atoms. The topological polar surface area (TPSA) is 101 Å². The molecule has 1 aromatic rings. The van der Waals surface area contributed by atoms with Crippen molar-refractivity contribution < 1.29 is 33.0 Å². The van der Waals surface area contributed by atoms with Crippen molar-refractivity contribution in [2.75, 3.05) is 6.61 Å². The fourth-order valence-corrected chi connectivity index (χ4v) is 9.58. The molecular weight excluding hydrogens is 749 g/mol. The van der Waals surface area contributed by atoms with Gasteiger partial charge in [0.1, 0.15) is 24.6 Å². The number of hydrogen-bond donors (Lipinski definition) is 0. The average molecular weight is 807 g/mol. The Morgan fingerprint density at radius 1 is 1.02 bits per heavy atom. The predicted molar refractivity (Wildman–Crippen MR) is 214 cm³/mol. The lowest BCUT2D eigenvalue weighted by Gasteiger charge is -2.42. The molecule has 1 rings (SSSR count). The quantitative estimate of drug-likeness (QED) is 0.0375. The number of aryl methyl sites for hydroxylation is 1. The molecule has 0 amide bonds. The summed E-state index contributed by atoms with van der Waals surface area (Å²) in [4.78, 5) is 45.8. The fourth-order valence-electron chi connectivity index (χ4n) is 5.87. The number of ketones is 1. The largest absolute Gasteiger partial charge is 0.508 e. The molecule has 0 aromatic carbocycles. The van der Waals surface area contributed by atoms with Crippen LogP contribution in [0.2, 0.25) is 18.1 Å². The third-order valence-corrected chi connectivity index (χ3v) is 15.2. The molecular formula is C38H58Cl3NO7SSi. The van der Waals surface area contributed by atoms with Crippen molar-refractivity contribution in [2.24, 2.45) is 17.3 Å². The number of Topliss-reactive ketones (excluding diaryl/α,β-unsaturated/α-hetero) is 1. The van der Waals surface area contributed by atoms with E-state index >= 15 is 0 Å². The Morgan fingerprint density at radius 2 is 1.63 bits per heavy atom. The maximum Gasteiger partial charge on any atom is 0.508 e. The Labute approximate surface area is 326 Å². The molecule has 288 valence electrons. The predicted octanol–water partition coefficient (Wildman–Crippen LogP) is 11.4. The first-order valence-corrected chi connectivity index (χ1v) is 22.0. The van der Waals surface area contributed by atoms with Gasteiger partial charge in [0, 0.05) is 17.2 Å². The summed E-state index contributed by atoms with van der Waals surface area (Å²) in [6.45, 7) is 26.3. The average Bonchev–Trinajstić information content (AvgIpc) is 3.49. The molecule has 0 aliphatic carbocycles. The molecule has 1 heterocycles. The van der Waals surface area contributed by atoms with Crippen LogP contribution in [0.3, 0.4) is 0 Å². The van der Waals surface area contributed by atoms with E-state index in [1.807, 2.05) is 45.2 Å². The van der Waals surface area contributed by atoms with E-state index in [0.29, 0.717) is 12.8 Å². The molecule has 0 saturated heterocycles. The second kappa shape index (κ2) is 21.7. The number of rotatable bonds is 22. The maximum absolute atomic E-state index is 14.6. The maximum atomic E-state index is 14.6. The molecule has 0 unspecified atom stereocenters. The Morgan fingerprint density at radius 3 is 2.12 bits per heavy atom. The fraction of sp³-hybridized carbons (Fsp3) is 0.632. The molecule has 0 bridgehead atoms. The SMILES string of the molecule is C=CC[C@H](C)[C@H](OC(=O)OCC(Cl)(Cl)Cl)[C@@H](C)C(=O)C(C)(C)[C@H](CC(=O)O[C@@H](C/C=C(\C)C=C)/C(C)=C/c1csc(C)n1)O[Si](CC)(CC)CC. The third-order valence-electron chi connectivity index (χ3n) is 9.48. The van der Waals surface area contributed by atoms with Gasteiger partial charge in [0.15, 0.2) is 8.32 Å². The summed E-state index contributed by atoms with van der Waals surface area (Å²) in [6.07, 6.45) is 4.74. The second-order valence-electron chi connectivity index (χ2n) is 13.7. The van der Waals surface area contributed by atoms with Gasteiger partial charge in [-0.3, -0.25) is 9.59 Å². The summed E-state index contributed by atoms with van der Waals surface area (Å²) in [5, 5.41) is 2.90. The number of hydrogen-bond acceptors (Lipinski definition) is 9. The number of ether oxygens (including phenoxy) is 3. The highest BCUT2D eigenvalue weighted by Crippen LogP contribution is 2.38. The number of allylic oxidation sites excluding steroid dienone is 3. The van der Waals surface area contributed by atoms with Crippen molar-refractivity contribution >= 4 is 78.4 Å². The molecule has 0 N–H and O–H groups in total. The number of carbonyl (C=O) groups excluding carboxylic acids is 3. The molecule has 1 aromatic heterocycles. The Hall–Kier alpha value is -1.95. The van der Waals surface area contributed by atoms with Crippen LogP contribution in [-0.4, -0.2) is 59.9 Å². The summed E-state index contributed by atoms with van der Waals surface area (Å²) in [7, 11) is -2.35. The number of halogens is 3. The van der Waals surface area contributed by atoms with Gasteiger partial charge >= 0.3 is 12.1 Å². The van der Waals surface area contributed by atoms with Gasteiger partial charge in [-0.05, 0) is 62.9 Å². The number of alkyl halides is 3. The summed E-state index contributed by atoms with van der Waals surface area (Å²) in [6, 6.07) is 2.43. The van der Waals surface area contributed by atoms with E-state index in [-0.39, 0.29) is 18.1 Å². The number of carbonyl (C=O) groups is 3. The lowest BCUT2D eigenvalue weighted by Crippen LogP contribution is -2.52. The smallest absolute Gasteiger partial charge is 0.457 e. The van der Waals surface area contributed by atoms with Crippen LogP contribution >= 0.6 is 46.1 Å². The normalized spacial score (nSPS) is 16.0. The minimum absolute atomic E-state index is 0.150. The molecule has 0 saturated carbocycles. The molecule has 13 heteroatoms. The van der Waals surface area contributed by atoms with E-state index in [1.54, 1.807) is 44.3 Å². The number of nitrogens with zero attached hydrogens (tertiary/aromatic N) is 1. The zero-order chi connectivity index (χ0) is 39.2. The lowest BCUT2D eigenvalue weighted by molar-refractivity contribution is -0.153. The molecule has 0 aliphatic rings. The minimum atomic E-state index is -2.35. The van der Waals surface area contributed by atoms with Crippen molar-refractivity contribution in [3.05, 3.63) is 58.6 Å². The first-order chi connectivity index (χ1) is 23.7. The van der Waals surface area contributed by atoms with Gasteiger partial charge < -0.3 is 18.6 Å². The van der Waals surface area contributed by atoms with Gasteiger partial charge in [0.25, 0.3) is 0 Å². The highest BCUT2D eigenvalue weighted by atomic mass is 35.6. The van der Waals surface area contributed by atoms with Gasteiger partial charge in [0.2, 0.25) is 3.79 Å². The van der Waals surface area contributed by atoms with E-state index in [4.69, 9.17) is 53.4 Å². The third kappa shape index (κ3) is 15.5. The molecule has 0 radical (unpaired) electrons. The van der Waals surface area contributed by atoms with Gasteiger partial charge in [0.05, 0.1) is 29.1 Å². The molecule has 0 fully saturated rings. The molecule has 51 heavy (non-hydrogen) atoms. The van der Waals surface area contributed by atoms with Gasteiger partial charge in [-0.15, -0.1) is 17.9 Å². The van der Waals surface area contributed by atoms with Crippen molar-refractivity contribution in [1.82, 2.24) is 4.98 Å². The van der Waals surface area contributed by atoms with E-state index in [9.17, 15) is 14.4 Å². The number of thiazole rings is 1. The van der Waals surface area contributed by atoms with Crippen LogP contribution in [0.5, 0.6) is 0 Å². The molecule has 5 atom stereocenters. The molecule has 8 nitrogen and oxygen atoms in total. The van der Waals surface area contributed by atoms with Crippen molar-refractivity contribution in [3.63, 3.8) is 0 Å². The van der Waals surface area contributed by atoms with Crippen molar-refractivity contribution in [3.8, 4) is 0 Å². The van der Waals surface area contributed by atoms with Crippen LogP contribution in [0.4, 0.5) is 4.79 Å². The lowest BCUT2D eigenvalue weighted by atomic mass is 9.73. The van der Waals surface area contributed by atoms with Crippen LogP contribution in [0.15, 0.2) is 47.9 Å². The zero-order valence-corrected chi connectivity index (χ0v) is 36.1. The Bertz CT molecular complexity index is 1380. The van der Waals surface area contributed by atoms with Gasteiger partial charge in [-0.1, -0.05) is 114 Å². The standard InChI is InChI=1S/C38H58Cl3NO7SSi/c1-13-18-26(7)34(48-36(45)46-24-38(39,40)41)28(9)35(44)37(11,12)32(49-51(15-3,16-4)17-5)22-33(43)47-31(20-19-25(6)14-2)27(8)21-30-23-50-29(10)42-30/h13-14,19,21,23,26,28,31-32,34H,1-2,15-18,20,22,24H2,3-12H3/b25-19+,27-21+/t26-,28+,31-,32-,34-/m0/s1. The second-order valence-corrected chi connectivity index (χ2v) is 22.0. The summed E-state index contributed by atoms with van der Waals surface area (Å²) < 4.78 is 22.0. The highest BCUT2D eigenvalue weighted by Gasteiger charge is 2.47. The minimum Gasteiger partial charge on any atom is -0.457 e. The van der Waals surface area contributed by atoms with Crippen LogP contribution in [0.1, 0.15) is 92.3 Å². The van der Waals surface area contributed by atoms with Crippen LogP contribution in [0.25, 0.3) is 6.08 Å². The first-order valence-electron chi connectivity index (χ1n) is 17.5. The Balaban J connectivity index is 3.54. The number of esters is 1. The first kappa shape index (κ1) is 47.1. The Kier molecular flexibility index (Phi) is 20.0. The highest BCUT2D eigenvalue weighted by molar-refractivity contribution is 7.09. The van der Waals surface area contributed by atoms with Crippen LogP contribution in [0, 0.1) is 24.2 Å². The van der Waals surface area contributed by atoms with E-state index in [0.717, 1.165) is 40.0 Å². The zero-order valence-electron chi connectivity index (χ0n) is 32.0. The van der Waals surface area contributed by atoms with Crippen LogP contribution in [-0.2, 0) is 28.2 Å². The summed E-state index contributed by atoms with van der Waals surface area (Å²) in [5.41, 5.74) is 1.40.